The van der Waals surface area contributed by atoms with Gasteiger partial charge in [-0.05, 0) is 30.9 Å². The lowest BCUT2D eigenvalue weighted by Gasteiger charge is -2.21. The maximum absolute atomic E-state index is 14.0. The molecule has 0 atom stereocenters. The van der Waals surface area contributed by atoms with Crippen LogP contribution in [0.2, 0.25) is 0 Å². The van der Waals surface area contributed by atoms with Gasteiger partial charge in [-0.3, -0.25) is 4.68 Å². The van der Waals surface area contributed by atoms with Crippen LogP contribution in [0.15, 0.2) is 30.6 Å². The molecule has 0 amide bonds. The summed E-state index contributed by atoms with van der Waals surface area (Å²) in [6, 6.07) is 6.50. The Kier molecular flexibility index (Phi) is 4.01. The predicted molar refractivity (Wildman–Crippen MR) is 78.9 cm³/mol. The van der Waals surface area contributed by atoms with Crippen LogP contribution in [-0.4, -0.2) is 9.78 Å². The molecular weight excluding hydrogens is 265 g/mol. The van der Waals surface area contributed by atoms with Gasteiger partial charge in [-0.25, -0.2) is 4.39 Å². The third-order valence-corrected chi connectivity index (χ3v) is 4.21. The summed E-state index contributed by atoms with van der Waals surface area (Å²) in [4.78, 5) is 0. The van der Waals surface area contributed by atoms with Gasteiger partial charge in [-0.1, -0.05) is 25.3 Å². The molecule has 3 rings (SSSR count). The Balaban J connectivity index is 1.76. The summed E-state index contributed by atoms with van der Waals surface area (Å²) in [7, 11) is 0. The van der Waals surface area contributed by atoms with Crippen LogP contribution in [0.25, 0.3) is 11.1 Å². The zero-order valence-corrected chi connectivity index (χ0v) is 11.9. The highest BCUT2D eigenvalue weighted by molar-refractivity contribution is 5.63. The first-order valence-corrected chi connectivity index (χ1v) is 7.49. The Morgan fingerprint density at radius 2 is 2.10 bits per heavy atom. The van der Waals surface area contributed by atoms with Gasteiger partial charge >= 0.3 is 0 Å². The Hall–Kier alpha value is -2.15. The minimum Gasteiger partial charge on any atom is -0.272 e. The van der Waals surface area contributed by atoms with E-state index in [1.165, 1.54) is 38.2 Å². The van der Waals surface area contributed by atoms with Gasteiger partial charge < -0.3 is 0 Å². The van der Waals surface area contributed by atoms with Crippen molar-refractivity contribution in [3.63, 3.8) is 0 Å². The molecule has 1 aliphatic carbocycles. The molecule has 0 unspecified atom stereocenters. The maximum atomic E-state index is 14.0. The summed E-state index contributed by atoms with van der Waals surface area (Å²) in [5.74, 6) is 0.323. The van der Waals surface area contributed by atoms with Gasteiger partial charge in [0.1, 0.15) is 5.82 Å². The SMILES string of the molecule is N#Cc1ccc(-c2cnn(CC3CCCCC3)c2)c(F)c1. The van der Waals surface area contributed by atoms with E-state index in [4.69, 9.17) is 5.26 Å². The molecule has 1 heterocycles. The van der Waals surface area contributed by atoms with E-state index < -0.39 is 0 Å². The van der Waals surface area contributed by atoms with Crippen molar-refractivity contribution in [1.82, 2.24) is 9.78 Å². The van der Waals surface area contributed by atoms with Crippen molar-refractivity contribution >= 4 is 0 Å². The van der Waals surface area contributed by atoms with Gasteiger partial charge in [0, 0.05) is 23.9 Å². The van der Waals surface area contributed by atoms with Crippen molar-refractivity contribution in [3.8, 4) is 17.2 Å². The highest BCUT2D eigenvalue weighted by Crippen LogP contribution is 2.27. The number of aromatic nitrogens is 2. The van der Waals surface area contributed by atoms with Gasteiger partial charge in [-0.15, -0.1) is 0 Å². The number of hydrogen-bond donors (Lipinski definition) is 0. The van der Waals surface area contributed by atoms with Crippen LogP contribution >= 0.6 is 0 Å². The molecule has 0 saturated heterocycles. The quantitative estimate of drug-likeness (QED) is 0.849. The van der Waals surface area contributed by atoms with Crippen molar-refractivity contribution in [2.24, 2.45) is 5.92 Å². The monoisotopic (exact) mass is 283 g/mol. The van der Waals surface area contributed by atoms with Crippen molar-refractivity contribution < 1.29 is 4.39 Å². The molecule has 0 aliphatic heterocycles. The molecule has 0 bridgehead atoms. The van der Waals surface area contributed by atoms with Crippen LogP contribution in [0.1, 0.15) is 37.7 Å². The van der Waals surface area contributed by atoms with Crippen molar-refractivity contribution in [2.75, 3.05) is 0 Å². The lowest BCUT2D eigenvalue weighted by Crippen LogP contribution is -2.14. The zero-order valence-electron chi connectivity index (χ0n) is 11.9. The summed E-state index contributed by atoms with van der Waals surface area (Å²) in [6.07, 6.45) is 10.1. The number of nitriles is 1. The van der Waals surface area contributed by atoms with Crippen LogP contribution in [0.5, 0.6) is 0 Å². The molecule has 1 aromatic heterocycles. The number of hydrogen-bond acceptors (Lipinski definition) is 2. The zero-order chi connectivity index (χ0) is 14.7. The van der Waals surface area contributed by atoms with Gasteiger partial charge in [0.05, 0.1) is 17.8 Å². The largest absolute Gasteiger partial charge is 0.272 e. The Morgan fingerprint density at radius 3 is 2.81 bits per heavy atom. The van der Waals surface area contributed by atoms with E-state index in [2.05, 4.69) is 5.10 Å². The van der Waals surface area contributed by atoms with E-state index in [1.54, 1.807) is 18.3 Å². The van der Waals surface area contributed by atoms with Crippen molar-refractivity contribution in [1.29, 1.82) is 5.26 Å². The maximum Gasteiger partial charge on any atom is 0.132 e. The Labute approximate surface area is 124 Å². The first kappa shape index (κ1) is 13.8. The lowest BCUT2D eigenvalue weighted by atomic mass is 9.89. The summed E-state index contributed by atoms with van der Waals surface area (Å²) in [5, 5.41) is 13.1. The van der Waals surface area contributed by atoms with Crippen LogP contribution < -0.4 is 0 Å². The van der Waals surface area contributed by atoms with Gasteiger partial charge in [-0.2, -0.15) is 10.4 Å². The van der Waals surface area contributed by atoms with Crippen LogP contribution in [0, 0.1) is 23.1 Å². The molecule has 4 heteroatoms. The molecule has 3 nitrogen and oxygen atoms in total. The molecule has 108 valence electrons. The van der Waals surface area contributed by atoms with E-state index >= 15 is 0 Å². The predicted octanol–water partition coefficient (Wildman–Crippen LogP) is 4.14. The molecule has 0 spiro atoms. The highest BCUT2D eigenvalue weighted by Gasteiger charge is 2.15. The number of benzene rings is 1. The van der Waals surface area contributed by atoms with Gasteiger partial charge in [0.25, 0.3) is 0 Å². The fourth-order valence-electron chi connectivity index (χ4n) is 3.06. The van der Waals surface area contributed by atoms with E-state index in [0.717, 1.165) is 12.1 Å². The van der Waals surface area contributed by atoms with Crippen LogP contribution in [0.3, 0.4) is 0 Å². The molecule has 1 aromatic carbocycles. The Morgan fingerprint density at radius 1 is 1.29 bits per heavy atom. The second-order valence-corrected chi connectivity index (χ2v) is 5.76. The van der Waals surface area contributed by atoms with Crippen LogP contribution in [0.4, 0.5) is 4.39 Å². The third-order valence-electron chi connectivity index (χ3n) is 4.21. The van der Waals surface area contributed by atoms with E-state index in [1.807, 2.05) is 16.9 Å². The van der Waals surface area contributed by atoms with Crippen molar-refractivity contribution in [3.05, 3.63) is 42.0 Å². The van der Waals surface area contributed by atoms with E-state index in [9.17, 15) is 4.39 Å². The summed E-state index contributed by atoms with van der Waals surface area (Å²) in [5.41, 5.74) is 1.61. The summed E-state index contributed by atoms with van der Waals surface area (Å²) in [6.45, 7) is 0.915. The van der Waals surface area contributed by atoms with Crippen LogP contribution in [-0.2, 0) is 6.54 Å². The summed E-state index contributed by atoms with van der Waals surface area (Å²) < 4.78 is 15.9. The second kappa shape index (κ2) is 6.09. The lowest BCUT2D eigenvalue weighted by molar-refractivity contribution is 0.308. The average Bonchev–Trinajstić information content (AvgIpc) is 2.96. The highest BCUT2D eigenvalue weighted by atomic mass is 19.1. The van der Waals surface area contributed by atoms with Gasteiger partial charge in [0.15, 0.2) is 0 Å². The molecule has 0 N–H and O–H groups in total. The molecule has 0 radical (unpaired) electrons. The number of rotatable bonds is 3. The summed E-state index contributed by atoms with van der Waals surface area (Å²) >= 11 is 0. The number of nitrogens with zero attached hydrogens (tertiary/aromatic N) is 3. The average molecular weight is 283 g/mol. The smallest absolute Gasteiger partial charge is 0.132 e. The molecular formula is C17H18FN3. The fraction of sp³-hybridized carbons (Fsp3) is 0.412. The Bertz CT molecular complexity index is 663. The molecule has 2 aromatic rings. The third kappa shape index (κ3) is 3.13. The molecule has 1 aliphatic rings. The fourth-order valence-corrected chi connectivity index (χ4v) is 3.06. The normalized spacial score (nSPS) is 15.8. The second-order valence-electron chi connectivity index (χ2n) is 5.76. The molecule has 1 fully saturated rings. The minimum atomic E-state index is -0.369. The van der Waals surface area contributed by atoms with E-state index in [-0.39, 0.29) is 5.82 Å². The minimum absolute atomic E-state index is 0.339. The van der Waals surface area contributed by atoms with Gasteiger partial charge in [0.2, 0.25) is 0 Å². The first-order valence-electron chi connectivity index (χ1n) is 7.49. The first-order chi connectivity index (χ1) is 10.3. The molecule has 1 saturated carbocycles. The number of halogens is 1. The molecule has 21 heavy (non-hydrogen) atoms. The standard InChI is InChI=1S/C17H18FN3/c18-17-8-14(9-19)6-7-16(17)15-10-20-21(12-15)11-13-4-2-1-3-5-13/h6-8,10,12-13H,1-5,11H2. The van der Waals surface area contributed by atoms with E-state index in [0.29, 0.717) is 17.0 Å². The topological polar surface area (TPSA) is 41.6 Å². The van der Waals surface area contributed by atoms with Crippen molar-refractivity contribution in [2.45, 2.75) is 38.6 Å².